The molecule has 0 spiro atoms. The van der Waals surface area contributed by atoms with Crippen molar-refractivity contribution in [2.75, 3.05) is 7.11 Å². The van der Waals surface area contributed by atoms with Gasteiger partial charge in [-0.3, -0.25) is 0 Å². The molecule has 1 aromatic rings. The Bertz CT molecular complexity index is 347. The van der Waals surface area contributed by atoms with E-state index in [0.29, 0.717) is 5.75 Å². The molecular weight excluding hydrogens is 190 g/mol. The standard InChI is InChI=1S/C12H17NO2/c1-15-12-5-4-9(7-11(12)14)10(13)6-8-2-3-8/h4-5,7-8,10,14H,2-3,6,13H2,1H3/t10-/m1/s1. The maximum absolute atomic E-state index is 9.61. The van der Waals surface area contributed by atoms with Gasteiger partial charge in [0.25, 0.3) is 0 Å². The summed E-state index contributed by atoms with van der Waals surface area (Å²) < 4.78 is 4.98. The van der Waals surface area contributed by atoms with Gasteiger partial charge in [0, 0.05) is 6.04 Å². The van der Waals surface area contributed by atoms with Gasteiger partial charge in [-0.1, -0.05) is 18.9 Å². The fraction of sp³-hybridized carbons (Fsp3) is 0.500. The van der Waals surface area contributed by atoms with Crippen LogP contribution >= 0.6 is 0 Å². The van der Waals surface area contributed by atoms with E-state index in [-0.39, 0.29) is 11.8 Å². The molecule has 2 rings (SSSR count). The lowest BCUT2D eigenvalue weighted by Crippen LogP contribution is -2.10. The normalized spacial score (nSPS) is 17.5. The van der Waals surface area contributed by atoms with Crippen molar-refractivity contribution in [3.05, 3.63) is 23.8 Å². The third-order valence-corrected chi connectivity index (χ3v) is 2.92. The van der Waals surface area contributed by atoms with Gasteiger partial charge in [-0.2, -0.15) is 0 Å². The van der Waals surface area contributed by atoms with Gasteiger partial charge in [0.15, 0.2) is 11.5 Å². The highest BCUT2D eigenvalue weighted by Crippen LogP contribution is 2.38. The minimum absolute atomic E-state index is 0.0364. The number of aromatic hydroxyl groups is 1. The van der Waals surface area contributed by atoms with Crippen LogP contribution < -0.4 is 10.5 Å². The Balaban J connectivity index is 2.09. The molecule has 82 valence electrons. The van der Waals surface area contributed by atoms with E-state index in [1.807, 2.05) is 6.07 Å². The van der Waals surface area contributed by atoms with E-state index >= 15 is 0 Å². The highest BCUT2D eigenvalue weighted by molar-refractivity contribution is 5.42. The number of benzene rings is 1. The summed E-state index contributed by atoms with van der Waals surface area (Å²) >= 11 is 0. The fourth-order valence-electron chi connectivity index (χ4n) is 1.79. The fourth-order valence-corrected chi connectivity index (χ4v) is 1.79. The second-order valence-corrected chi connectivity index (χ2v) is 4.22. The van der Waals surface area contributed by atoms with Crippen molar-refractivity contribution in [1.29, 1.82) is 0 Å². The van der Waals surface area contributed by atoms with Crippen LogP contribution in [-0.2, 0) is 0 Å². The number of hydrogen-bond acceptors (Lipinski definition) is 3. The van der Waals surface area contributed by atoms with Crippen molar-refractivity contribution in [2.24, 2.45) is 11.7 Å². The average molecular weight is 207 g/mol. The van der Waals surface area contributed by atoms with Crippen LogP contribution in [0.2, 0.25) is 0 Å². The van der Waals surface area contributed by atoms with Crippen molar-refractivity contribution in [3.8, 4) is 11.5 Å². The zero-order valence-electron chi connectivity index (χ0n) is 8.94. The molecule has 0 aromatic heterocycles. The molecule has 1 aliphatic carbocycles. The molecule has 0 bridgehead atoms. The monoisotopic (exact) mass is 207 g/mol. The van der Waals surface area contributed by atoms with Crippen molar-refractivity contribution in [3.63, 3.8) is 0 Å². The first-order valence-electron chi connectivity index (χ1n) is 5.33. The van der Waals surface area contributed by atoms with Crippen LogP contribution in [-0.4, -0.2) is 12.2 Å². The van der Waals surface area contributed by atoms with E-state index in [4.69, 9.17) is 10.5 Å². The van der Waals surface area contributed by atoms with Gasteiger partial charge in [-0.25, -0.2) is 0 Å². The number of ether oxygens (including phenoxy) is 1. The van der Waals surface area contributed by atoms with Gasteiger partial charge < -0.3 is 15.6 Å². The van der Waals surface area contributed by atoms with Gasteiger partial charge in [0.1, 0.15) is 0 Å². The van der Waals surface area contributed by atoms with Crippen LogP contribution in [0.4, 0.5) is 0 Å². The molecule has 0 radical (unpaired) electrons. The molecular formula is C12H17NO2. The molecule has 3 nitrogen and oxygen atoms in total. The molecule has 1 aliphatic rings. The third kappa shape index (κ3) is 2.42. The summed E-state index contributed by atoms with van der Waals surface area (Å²) in [4.78, 5) is 0. The summed E-state index contributed by atoms with van der Waals surface area (Å²) in [6, 6.07) is 5.42. The van der Waals surface area contributed by atoms with Crippen LogP contribution in [0.5, 0.6) is 11.5 Å². The Morgan fingerprint density at radius 3 is 2.80 bits per heavy atom. The van der Waals surface area contributed by atoms with E-state index < -0.39 is 0 Å². The topological polar surface area (TPSA) is 55.5 Å². The number of rotatable bonds is 4. The van der Waals surface area contributed by atoms with E-state index in [0.717, 1.165) is 17.9 Å². The molecule has 3 N–H and O–H groups in total. The molecule has 0 saturated heterocycles. The molecule has 0 unspecified atom stereocenters. The number of phenolic OH excluding ortho intramolecular Hbond substituents is 1. The highest BCUT2D eigenvalue weighted by Gasteiger charge is 2.24. The van der Waals surface area contributed by atoms with Crippen LogP contribution in [0.1, 0.15) is 30.9 Å². The second-order valence-electron chi connectivity index (χ2n) is 4.22. The quantitative estimate of drug-likeness (QED) is 0.795. The van der Waals surface area contributed by atoms with Crippen molar-refractivity contribution < 1.29 is 9.84 Å². The summed E-state index contributed by atoms with van der Waals surface area (Å²) in [5.41, 5.74) is 7.03. The molecule has 0 heterocycles. The highest BCUT2D eigenvalue weighted by atomic mass is 16.5. The van der Waals surface area contributed by atoms with Crippen LogP contribution in [0.3, 0.4) is 0 Å². The SMILES string of the molecule is COc1ccc([C@H](N)CC2CC2)cc1O. The molecule has 0 aliphatic heterocycles. The van der Waals surface area contributed by atoms with Gasteiger partial charge in [0.2, 0.25) is 0 Å². The lowest BCUT2D eigenvalue weighted by atomic mass is 10.0. The minimum atomic E-state index is 0.0364. The summed E-state index contributed by atoms with van der Waals surface area (Å²) in [6.07, 6.45) is 3.62. The van der Waals surface area contributed by atoms with E-state index in [2.05, 4.69) is 0 Å². The van der Waals surface area contributed by atoms with Crippen LogP contribution in [0.25, 0.3) is 0 Å². The average Bonchev–Trinajstić information content (AvgIpc) is 3.01. The number of phenols is 1. The molecule has 1 fully saturated rings. The summed E-state index contributed by atoms with van der Waals surface area (Å²) in [5.74, 6) is 1.46. The Kier molecular flexibility index (Phi) is 2.82. The molecule has 15 heavy (non-hydrogen) atoms. The van der Waals surface area contributed by atoms with E-state index in [1.165, 1.54) is 12.8 Å². The van der Waals surface area contributed by atoms with E-state index in [9.17, 15) is 5.11 Å². The zero-order chi connectivity index (χ0) is 10.8. The van der Waals surface area contributed by atoms with Gasteiger partial charge in [-0.05, 0) is 30.0 Å². The first kappa shape index (κ1) is 10.3. The third-order valence-electron chi connectivity index (χ3n) is 2.92. The Morgan fingerprint density at radius 1 is 1.53 bits per heavy atom. The van der Waals surface area contributed by atoms with Crippen LogP contribution in [0, 0.1) is 5.92 Å². The Labute approximate surface area is 89.9 Å². The zero-order valence-corrected chi connectivity index (χ0v) is 8.94. The predicted molar refractivity (Wildman–Crippen MR) is 58.9 cm³/mol. The molecule has 0 amide bonds. The molecule has 1 atom stereocenters. The van der Waals surface area contributed by atoms with Crippen molar-refractivity contribution >= 4 is 0 Å². The smallest absolute Gasteiger partial charge is 0.160 e. The minimum Gasteiger partial charge on any atom is -0.504 e. The molecule has 1 saturated carbocycles. The maximum atomic E-state index is 9.61. The summed E-state index contributed by atoms with van der Waals surface area (Å²) in [6.45, 7) is 0. The second kappa shape index (κ2) is 4.11. The maximum Gasteiger partial charge on any atom is 0.160 e. The number of nitrogens with two attached hydrogens (primary N) is 1. The van der Waals surface area contributed by atoms with Gasteiger partial charge in [-0.15, -0.1) is 0 Å². The predicted octanol–water partition coefficient (Wildman–Crippen LogP) is 2.20. The van der Waals surface area contributed by atoms with Crippen molar-refractivity contribution in [2.45, 2.75) is 25.3 Å². The lowest BCUT2D eigenvalue weighted by Gasteiger charge is -2.12. The van der Waals surface area contributed by atoms with Gasteiger partial charge >= 0.3 is 0 Å². The van der Waals surface area contributed by atoms with Gasteiger partial charge in [0.05, 0.1) is 7.11 Å². The summed E-state index contributed by atoms with van der Waals surface area (Å²) in [5, 5.41) is 9.61. The summed E-state index contributed by atoms with van der Waals surface area (Å²) in [7, 11) is 1.54. The number of hydrogen-bond donors (Lipinski definition) is 2. The molecule has 3 heteroatoms. The van der Waals surface area contributed by atoms with Crippen molar-refractivity contribution in [1.82, 2.24) is 0 Å². The Hall–Kier alpha value is -1.22. The Morgan fingerprint density at radius 2 is 2.27 bits per heavy atom. The van der Waals surface area contributed by atoms with E-state index in [1.54, 1.807) is 19.2 Å². The van der Waals surface area contributed by atoms with Crippen LogP contribution in [0.15, 0.2) is 18.2 Å². The first-order chi connectivity index (χ1) is 7.20. The largest absolute Gasteiger partial charge is 0.504 e. The first-order valence-corrected chi connectivity index (χ1v) is 5.33. The lowest BCUT2D eigenvalue weighted by molar-refractivity contribution is 0.372. The molecule has 1 aromatic carbocycles. The number of methoxy groups -OCH3 is 1.